The normalized spacial score (nSPS) is 10.8. The van der Waals surface area contributed by atoms with Gasteiger partial charge in [-0.15, -0.1) is 0 Å². The zero-order valence-corrected chi connectivity index (χ0v) is 13.0. The lowest BCUT2D eigenvalue weighted by molar-refractivity contribution is 0.0309. The molecule has 0 amide bonds. The summed E-state index contributed by atoms with van der Waals surface area (Å²) in [6, 6.07) is 0. The van der Waals surface area contributed by atoms with Gasteiger partial charge in [-0.1, -0.05) is 0 Å². The molecule has 0 aliphatic heterocycles. The number of esters is 1. The minimum Gasteiger partial charge on any atom is -0.462 e. The van der Waals surface area contributed by atoms with Gasteiger partial charge < -0.3 is 18.9 Å². The van der Waals surface area contributed by atoms with Crippen LogP contribution in [0.15, 0.2) is 6.20 Å². The monoisotopic (exact) mass is 300 g/mol. The van der Waals surface area contributed by atoms with Crippen LogP contribution in [0.25, 0.3) is 0 Å². The second kappa shape index (κ2) is 10.3. The second-order valence-corrected chi connectivity index (χ2v) is 4.36. The molecule has 1 rings (SSSR count). The molecular formula is C14H24N2O5. The highest BCUT2D eigenvalue weighted by Crippen LogP contribution is 2.10. The van der Waals surface area contributed by atoms with E-state index in [9.17, 15) is 4.79 Å². The van der Waals surface area contributed by atoms with Gasteiger partial charge in [0, 0.05) is 27.4 Å². The van der Waals surface area contributed by atoms with Crippen LogP contribution in [0.4, 0.5) is 0 Å². The Balaban J connectivity index is 2.28. The molecule has 0 unspecified atom stereocenters. The van der Waals surface area contributed by atoms with Gasteiger partial charge >= 0.3 is 5.97 Å². The Hall–Kier alpha value is -1.44. The molecule has 21 heavy (non-hydrogen) atoms. The van der Waals surface area contributed by atoms with Gasteiger partial charge in [0.2, 0.25) is 0 Å². The molecule has 0 aromatic carbocycles. The summed E-state index contributed by atoms with van der Waals surface area (Å²) in [6.45, 7) is 4.72. The molecule has 0 atom stereocenters. The molecule has 0 fully saturated rings. The lowest BCUT2D eigenvalue weighted by Crippen LogP contribution is -2.12. The van der Waals surface area contributed by atoms with Crippen molar-refractivity contribution in [1.29, 1.82) is 0 Å². The Morgan fingerprint density at radius 2 is 2.00 bits per heavy atom. The van der Waals surface area contributed by atoms with Crippen LogP contribution in [-0.4, -0.2) is 55.9 Å². The molecule has 1 heterocycles. The molecule has 0 bridgehead atoms. The van der Waals surface area contributed by atoms with Crippen LogP contribution >= 0.6 is 0 Å². The van der Waals surface area contributed by atoms with Crippen LogP contribution in [0.2, 0.25) is 0 Å². The third-order valence-corrected chi connectivity index (χ3v) is 2.80. The standard InChI is InChI=1S/C14H24N2O5/c1-4-21-14(17)12-10-15-16(2)13(12)11-20-9-8-19-7-5-6-18-3/h10H,4-9,11H2,1-3H3. The van der Waals surface area contributed by atoms with Crippen molar-refractivity contribution < 1.29 is 23.7 Å². The fourth-order valence-corrected chi connectivity index (χ4v) is 1.71. The predicted octanol–water partition coefficient (Wildman–Crippen LogP) is 1.17. The molecule has 1 aromatic rings. The van der Waals surface area contributed by atoms with E-state index in [0.29, 0.717) is 50.9 Å². The number of hydrogen-bond acceptors (Lipinski definition) is 6. The van der Waals surface area contributed by atoms with Crippen LogP contribution in [0.5, 0.6) is 0 Å². The van der Waals surface area contributed by atoms with Crippen molar-refractivity contribution in [2.45, 2.75) is 20.0 Å². The van der Waals surface area contributed by atoms with Gasteiger partial charge in [0.15, 0.2) is 0 Å². The summed E-state index contributed by atoms with van der Waals surface area (Å²) in [7, 11) is 3.43. The van der Waals surface area contributed by atoms with Crippen molar-refractivity contribution in [3.05, 3.63) is 17.5 Å². The van der Waals surface area contributed by atoms with E-state index in [0.717, 1.165) is 6.42 Å². The first-order chi connectivity index (χ1) is 10.2. The minimum absolute atomic E-state index is 0.298. The van der Waals surface area contributed by atoms with Crippen molar-refractivity contribution in [3.8, 4) is 0 Å². The number of rotatable bonds is 11. The molecular weight excluding hydrogens is 276 g/mol. The Morgan fingerprint density at radius 3 is 2.71 bits per heavy atom. The van der Waals surface area contributed by atoms with Crippen molar-refractivity contribution in [2.75, 3.05) is 40.1 Å². The molecule has 0 N–H and O–H groups in total. The summed E-state index contributed by atoms with van der Waals surface area (Å²) in [6.07, 6.45) is 2.36. The highest BCUT2D eigenvalue weighted by atomic mass is 16.5. The van der Waals surface area contributed by atoms with Gasteiger partial charge in [-0.3, -0.25) is 4.68 Å². The van der Waals surface area contributed by atoms with E-state index in [1.165, 1.54) is 6.20 Å². The van der Waals surface area contributed by atoms with E-state index in [-0.39, 0.29) is 5.97 Å². The van der Waals surface area contributed by atoms with Crippen LogP contribution in [-0.2, 0) is 32.6 Å². The Bertz CT molecular complexity index is 419. The average Bonchev–Trinajstić information content (AvgIpc) is 2.83. The number of carbonyl (C=O) groups excluding carboxylic acids is 1. The number of hydrogen-bond donors (Lipinski definition) is 0. The van der Waals surface area contributed by atoms with E-state index >= 15 is 0 Å². The number of aryl methyl sites for hydroxylation is 1. The maximum atomic E-state index is 11.7. The summed E-state index contributed by atoms with van der Waals surface area (Å²) < 4.78 is 22.4. The Morgan fingerprint density at radius 1 is 1.24 bits per heavy atom. The summed E-state index contributed by atoms with van der Waals surface area (Å²) in [4.78, 5) is 11.7. The molecule has 0 aliphatic carbocycles. The van der Waals surface area contributed by atoms with Crippen LogP contribution in [0, 0.1) is 0 Å². The lowest BCUT2D eigenvalue weighted by atomic mass is 10.2. The molecule has 0 saturated carbocycles. The topological polar surface area (TPSA) is 71.8 Å². The first kappa shape index (κ1) is 17.6. The van der Waals surface area contributed by atoms with Gasteiger partial charge in [0.05, 0.1) is 38.3 Å². The van der Waals surface area contributed by atoms with Crippen molar-refractivity contribution in [3.63, 3.8) is 0 Å². The van der Waals surface area contributed by atoms with Crippen LogP contribution in [0.3, 0.4) is 0 Å². The average molecular weight is 300 g/mol. The zero-order chi connectivity index (χ0) is 15.5. The summed E-state index contributed by atoms with van der Waals surface area (Å²) in [5.74, 6) is -0.375. The Kier molecular flexibility index (Phi) is 8.65. The number of aromatic nitrogens is 2. The van der Waals surface area contributed by atoms with Crippen molar-refractivity contribution in [1.82, 2.24) is 9.78 Å². The fourth-order valence-electron chi connectivity index (χ4n) is 1.71. The molecule has 0 radical (unpaired) electrons. The minimum atomic E-state index is -0.375. The van der Waals surface area contributed by atoms with Crippen molar-refractivity contribution >= 4 is 5.97 Å². The van der Waals surface area contributed by atoms with Gasteiger partial charge in [0.1, 0.15) is 5.56 Å². The quantitative estimate of drug-likeness (QED) is 0.451. The van der Waals surface area contributed by atoms with E-state index in [1.54, 1.807) is 25.8 Å². The number of ether oxygens (including phenoxy) is 4. The van der Waals surface area contributed by atoms with Gasteiger partial charge in [-0.25, -0.2) is 4.79 Å². The molecule has 0 aliphatic rings. The van der Waals surface area contributed by atoms with E-state index in [4.69, 9.17) is 18.9 Å². The van der Waals surface area contributed by atoms with E-state index in [1.807, 2.05) is 0 Å². The van der Waals surface area contributed by atoms with Gasteiger partial charge in [0.25, 0.3) is 0 Å². The fraction of sp³-hybridized carbons (Fsp3) is 0.714. The van der Waals surface area contributed by atoms with Gasteiger partial charge in [-0.2, -0.15) is 5.10 Å². The summed E-state index contributed by atoms with van der Waals surface area (Å²) in [5.41, 5.74) is 1.15. The number of methoxy groups -OCH3 is 1. The third-order valence-electron chi connectivity index (χ3n) is 2.80. The third kappa shape index (κ3) is 6.24. The predicted molar refractivity (Wildman–Crippen MR) is 76.1 cm³/mol. The zero-order valence-electron chi connectivity index (χ0n) is 13.0. The van der Waals surface area contributed by atoms with Crippen LogP contribution in [0.1, 0.15) is 29.4 Å². The maximum Gasteiger partial charge on any atom is 0.341 e. The first-order valence-electron chi connectivity index (χ1n) is 7.03. The van der Waals surface area contributed by atoms with E-state index < -0.39 is 0 Å². The molecule has 0 spiro atoms. The molecule has 7 nitrogen and oxygen atoms in total. The number of carbonyl (C=O) groups is 1. The molecule has 7 heteroatoms. The van der Waals surface area contributed by atoms with Crippen LogP contribution < -0.4 is 0 Å². The second-order valence-electron chi connectivity index (χ2n) is 4.36. The highest BCUT2D eigenvalue weighted by molar-refractivity contribution is 5.90. The van der Waals surface area contributed by atoms with E-state index in [2.05, 4.69) is 5.10 Å². The smallest absolute Gasteiger partial charge is 0.341 e. The summed E-state index contributed by atoms with van der Waals surface area (Å²) >= 11 is 0. The lowest BCUT2D eigenvalue weighted by Gasteiger charge is -2.08. The SMILES string of the molecule is CCOC(=O)c1cnn(C)c1COCCOCCCOC. The molecule has 120 valence electrons. The maximum absolute atomic E-state index is 11.7. The first-order valence-corrected chi connectivity index (χ1v) is 7.03. The summed E-state index contributed by atoms with van der Waals surface area (Å²) in [5, 5.41) is 4.06. The number of nitrogens with zero attached hydrogens (tertiary/aromatic N) is 2. The molecule has 0 saturated heterocycles. The van der Waals surface area contributed by atoms with Crippen molar-refractivity contribution in [2.24, 2.45) is 7.05 Å². The highest BCUT2D eigenvalue weighted by Gasteiger charge is 2.16. The largest absolute Gasteiger partial charge is 0.462 e. The van der Waals surface area contributed by atoms with Gasteiger partial charge in [-0.05, 0) is 13.3 Å². The Labute approximate surface area is 125 Å². The molecule has 1 aromatic heterocycles.